The summed E-state index contributed by atoms with van der Waals surface area (Å²) in [6.07, 6.45) is 0.0743. The maximum atomic E-state index is 12.7. The summed E-state index contributed by atoms with van der Waals surface area (Å²) in [4.78, 5) is 12.4. The molecule has 1 fully saturated rings. The Morgan fingerprint density at radius 2 is 1.89 bits per heavy atom. The number of carbonyl (C=O) groups is 1. The van der Waals surface area contributed by atoms with Crippen molar-refractivity contribution in [2.75, 3.05) is 23.9 Å². The molecule has 27 heavy (non-hydrogen) atoms. The summed E-state index contributed by atoms with van der Waals surface area (Å²) in [5.41, 5.74) is 0.675. The number of methoxy groups -OCH3 is 1. The van der Waals surface area contributed by atoms with E-state index in [9.17, 15) is 21.6 Å². The van der Waals surface area contributed by atoms with E-state index in [2.05, 4.69) is 5.32 Å². The molecule has 0 spiro atoms. The summed E-state index contributed by atoms with van der Waals surface area (Å²) in [6, 6.07) is 12.4. The van der Waals surface area contributed by atoms with Gasteiger partial charge in [-0.2, -0.15) is 0 Å². The molecular weight excluding hydrogens is 390 g/mol. The van der Waals surface area contributed by atoms with Crippen molar-refractivity contribution in [3.8, 4) is 5.75 Å². The molecule has 7 nitrogen and oxygen atoms in total. The van der Waals surface area contributed by atoms with Gasteiger partial charge in [0.2, 0.25) is 0 Å². The monoisotopic (exact) mass is 409 g/mol. The molecule has 1 amide bonds. The third-order valence-electron chi connectivity index (χ3n) is 4.38. The van der Waals surface area contributed by atoms with Crippen LogP contribution >= 0.6 is 0 Å². The predicted molar refractivity (Wildman–Crippen MR) is 102 cm³/mol. The van der Waals surface area contributed by atoms with Gasteiger partial charge in [0.05, 0.1) is 28.8 Å². The van der Waals surface area contributed by atoms with Gasteiger partial charge >= 0.3 is 0 Å². The van der Waals surface area contributed by atoms with Gasteiger partial charge in [-0.3, -0.25) is 4.79 Å². The minimum absolute atomic E-state index is 0.0529. The molecular formula is C18H19NO6S2. The van der Waals surface area contributed by atoms with Crippen LogP contribution in [0.25, 0.3) is 0 Å². The number of sulfone groups is 2. The summed E-state index contributed by atoms with van der Waals surface area (Å²) in [7, 11) is -5.65. The number of hydrogen-bond donors (Lipinski definition) is 1. The van der Waals surface area contributed by atoms with Crippen molar-refractivity contribution in [1.29, 1.82) is 0 Å². The van der Waals surface area contributed by atoms with E-state index in [1.165, 1.54) is 31.4 Å². The number of anilines is 1. The van der Waals surface area contributed by atoms with Gasteiger partial charge < -0.3 is 10.1 Å². The van der Waals surface area contributed by atoms with Crippen LogP contribution < -0.4 is 10.1 Å². The van der Waals surface area contributed by atoms with Crippen molar-refractivity contribution in [2.24, 2.45) is 0 Å². The predicted octanol–water partition coefficient (Wildman–Crippen LogP) is 1.91. The molecule has 0 bridgehead atoms. The first-order valence-corrected chi connectivity index (χ1v) is 11.6. The standard InChI is InChI=1S/C18H19NO6S2/c1-25-15-6-3-5-14(11-15)19-18(20)13-4-2-7-16(10-13)27(23,24)17-8-9-26(21,22)12-17/h2-7,10-11,17H,8-9,12H2,1H3,(H,19,20)/t17-/m1/s1. The summed E-state index contributed by atoms with van der Waals surface area (Å²) in [5.74, 6) is -0.409. The lowest BCUT2D eigenvalue weighted by molar-refractivity contribution is 0.102. The second kappa shape index (κ2) is 7.32. The van der Waals surface area contributed by atoms with E-state index >= 15 is 0 Å². The van der Waals surface area contributed by atoms with Crippen molar-refractivity contribution in [2.45, 2.75) is 16.6 Å². The highest BCUT2D eigenvalue weighted by Crippen LogP contribution is 2.26. The first-order chi connectivity index (χ1) is 12.7. The van der Waals surface area contributed by atoms with E-state index in [1.54, 1.807) is 24.3 Å². The lowest BCUT2D eigenvalue weighted by Crippen LogP contribution is -2.23. The molecule has 3 rings (SSSR count). The van der Waals surface area contributed by atoms with E-state index < -0.39 is 30.8 Å². The zero-order chi connectivity index (χ0) is 19.7. The van der Waals surface area contributed by atoms with Crippen molar-refractivity contribution in [1.82, 2.24) is 0 Å². The van der Waals surface area contributed by atoms with Gasteiger partial charge in [0.1, 0.15) is 5.75 Å². The molecule has 1 atom stereocenters. The van der Waals surface area contributed by atoms with Crippen LogP contribution in [0.2, 0.25) is 0 Å². The van der Waals surface area contributed by atoms with Crippen LogP contribution in [0.1, 0.15) is 16.8 Å². The fourth-order valence-electron chi connectivity index (χ4n) is 2.92. The van der Waals surface area contributed by atoms with Gasteiger partial charge in [-0.05, 0) is 36.8 Å². The number of rotatable bonds is 5. The lowest BCUT2D eigenvalue weighted by Gasteiger charge is -2.12. The Hall–Kier alpha value is -2.39. The third-order valence-corrected chi connectivity index (χ3v) is 8.55. The molecule has 1 N–H and O–H groups in total. The molecule has 2 aromatic carbocycles. The summed E-state index contributed by atoms with van der Waals surface area (Å²) < 4.78 is 53.8. The first kappa shape index (κ1) is 19.4. The maximum Gasteiger partial charge on any atom is 0.255 e. The molecule has 0 radical (unpaired) electrons. The average Bonchev–Trinajstić information content (AvgIpc) is 3.02. The maximum absolute atomic E-state index is 12.7. The number of hydrogen-bond acceptors (Lipinski definition) is 6. The van der Waals surface area contributed by atoms with Crippen LogP contribution in [0.4, 0.5) is 5.69 Å². The SMILES string of the molecule is COc1cccc(NC(=O)c2cccc(S(=O)(=O)[C@@H]3CCS(=O)(=O)C3)c2)c1. The third kappa shape index (κ3) is 4.30. The number of carbonyl (C=O) groups excluding carboxylic acids is 1. The highest BCUT2D eigenvalue weighted by Gasteiger charge is 2.38. The van der Waals surface area contributed by atoms with Gasteiger partial charge in [-0.1, -0.05) is 12.1 Å². The van der Waals surface area contributed by atoms with Crippen molar-refractivity contribution in [3.63, 3.8) is 0 Å². The van der Waals surface area contributed by atoms with E-state index in [4.69, 9.17) is 4.74 Å². The summed E-state index contributed by atoms with van der Waals surface area (Å²) in [5, 5.41) is 1.71. The Morgan fingerprint density at radius 1 is 1.15 bits per heavy atom. The molecule has 1 aliphatic heterocycles. The largest absolute Gasteiger partial charge is 0.497 e. The summed E-state index contributed by atoms with van der Waals surface area (Å²) in [6.45, 7) is 0. The van der Waals surface area contributed by atoms with Crippen LogP contribution in [0.15, 0.2) is 53.4 Å². The first-order valence-electron chi connectivity index (χ1n) is 8.21. The van der Waals surface area contributed by atoms with Gasteiger partial charge in [0.25, 0.3) is 5.91 Å². The smallest absolute Gasteiger partial charge is 0.255 e. The molecule has 1 heterocycles. The molecule has 2 aromatic rings. The van der Waals surface area contributed by atoms with Crippen molar-refractivity contribution < 1.29 is 26.4 Å². The molecule has 0 saturated carbocycles. The van der Waals surface area contributed by atoms with Crippen LogP contribution in [0.3, 0.4) is 0 Å². The van der Waals surface area contributed by atoms with Crippen LogP contribution in [-0.2, 0) is 19.7 Å². The fourth-order valence-corrected chi connectivity index (χ4v) is 7.32. The number of benzene rings is 2. The van der Waals surface area contributed by atoms with Gasteiger partial charge in [-0.25, -0.2) is 16.8 Å². The summed E-state index contributed by atoms with van der Waals surface area (Å²) >= 11 is 0. The minimum atomic E-state index is -3.83. The number of amides is 1. The highest BCUT2D eigenvalue weighted by molar-refractivity contribution is 7.96. The molecule has 9 heteroatoms. The molecule has 0 aliphatic carbocycles. The lowest BCUT2D eigenvalue weighted by atomic mass is 10.2. The number of nitrogens with one attached hydrogen (secondary N) is 1. The fraction of sp³-hybridized carbons (Fsp3) is 0.278. The molecule has 144 valence electrons. The Morgan fingerprint density at radius 3 is 2.56 bits per heavy atom. The molecule has 0 aromatic heterocycles. The van der Waals surface area contributed by atoms with Crippen LogP contribution in [0.5, 0.6) is 5.75 Å². The Bertz CT molecular complexity index is 1080. The normalized spacial score (nSPS) is 18.8. The molecule has 0 unspecified atom stereocenters. The van der Waals surface area contributed by atoms with E-state index in [1.807, 2.05) is 0 Å². The van der Waals surface area contributed by atoms with Crippen molar-refractivity contribution in [3.05, 3.63) is 54.1 Å². The van der Waals surface area contributed by atoms with E-state index in [0.717, 1.165) is 0 Å². The quantitative estimate of drug-likeness (QED) is 0.808. The van der Waals surface area contributed by atoms with E-state index in [0.29, 0.717) is 11.4 Å². The molecule has 1 saturated heterocycles. The minimum Gasteiger partial charge on any atom is -0.497 e. The Balaban J connectivity index is 1.83. The second-order valence-electron chi connectivity index (χ2n) is 6.28. The van der Waals surface area contributed by atoms with Crippen LogP contribution in [-0.4, -0.2) is 46.6 Å². The Kier molecular flexibility index (Phi) is 5.25. The average molecular weight is 409 g/mol. The number of ether oxygens (including phenoxy) is 1. The van der Waals surface area contributed by atoms with Gasteiger partial charge in [-0.15, -0.1) is 0 Å². The zero-order valence-corrected chi connectivity index (χ0v) is 16.2. The van der Waals surface area contributed by atoms with Crippen LogP contribution in [0, 0.1) is 0 Å². The Labute approximate surface area is 158 Å². The second-order valence-corrected chi connectivity index (χ2v) is 10.7. The van der Waals surface area contributed by atoms with Gasteiger partial charge in [0, 0.05) is 17.3 Å². The van der Waals surface area contributed by atoms with Gasteiger partial charge in [0.15, 0.2) is 19.7 Å². The topological polar surface area (TPSA) is 107 Å². The van der Waals surface area contributed by atoms with Crippen molar-refractivity contribution >= 4 is 31.3 Å². The molecule has 1 aliphatic rings. The van der Waals surface area contributed by atoms with E-state index in [-0.39, 0.29) is 28.4 Å². The highest BCUT2D eigenvalue weighted by atomic mass is 32.2. The zero-order valence-electron chi connectivity index (χ0n) is 14.6.